The molecule has 1 saturated heterocycles. The van der Waals surface area contributed by atoms with Crippen LogP contribution in [0.2, 0.25) is 0 Å². The van der Waals surface area contributed by atoms with E-state index >= 15 is 0 Å². The number of nitrogens with zero attached hydrogens (tertiary/aromatic N) is 1. The minimum absolute atomic E-state index is 0.00722. The van der Waals surface area contributed by atoms with Crippen molar-refractivity contribution in [3.63, 3.8) is 0 Å². The molecular formula is C27H25NO7. The maximum absolute atomic E-state index is 14.1. The highest BCUT2D eigenvalue weighted by Crippen LogP contribution is 2.42. The van der Waals surface area contributed by atoms with Gasteiger partial charge in [-0.25, -0.2) is 4.79 Å². The molecular weight excluding hydrogens is 450 g/mol. The summed E-state index contributed by atoms with van der Waals surface area (Å²) in [6.45, 7) is 0. The zero-order valence-electron chi connectivity index (χ0n) is 19.6. The van der Waals surface area contributed by atoms with Crippen molar-refractivity contribution in [2.75, 3.05) is 21.3 Å². The molecule has 8 nitrogen and oxygen atoms in total. The monoisotopic (exact) mass is 475 g/mol. The molecule has 180 valence electrons. The Bertz CT molecular complexity index is 1090. The minimum Gasteiger partial charge on any atom is -0.497 e. The highest BCUT2D eigenvalue weighted by atomic mass is 16.7. The van der Waals surface area contributed by atoms with Crippen LogP contribution in [0.1, 0.15) is 29.5 Å². The number of rotatable bonds is 8. The zero-order chi connectivity index (χ0) is 25.0. The maximum Gasteiger partial charge on any atom is 0.352 e. The molecule has 1 fully saturated rings. The summed E-state index contributed by atoms with van der Waals surface area (Å²) in [5.74, 6) is -0.115. The molecule has 0 radical (unpaired) electrons. The van der Waals surface area contributed by atoms with Gasteiger partial charge in [-0.15, -0.1) is 5.06 Å². The number of imide groups is 1. The third kappa shape index (κ3) is 4.30. The van der Waals surface area contributed by atoms with Crippen LogP contribution in [0.4, 0.5) is 0 Å². The molecule has 0 saturated carbocycles. The third-order valence-electron chi connectivity index (χ3n) is 6.06. The van der Waals surface area contributed by atoms with Gasteiger partial charge in [0.15, 0.2) is 0 Å². The number of hydrogen-bond donors (Lipinski definition) is 0. The summed E-state index contributed by atoms with van der Waals surface area (Å²) in [5, 5.41) is 0.563. The lowest BCUT2D eigenvalue weighted by Gasteiger charge is -2.34. The molecule has 1 aliphatic rings. The number of benzene rings is 3. The number of carbonyl (C=O) groups excluding carboxylic acids is 3. The Hall–Kier alpha value is -4.33. The van der Waals surface area contributed by atoms with Crippen molar-refractivity contribution in [3.8, 4) is 17.2 Å². The van der Waals surface area contributed by atoms with E-state index in [1.807, 2.05) is 0 Å². The fourth-order valence-corrected chi connectivity index (χ4v) is 4.19. The zero-order valence-corrected chi connectivity index (χ0v) is 19.6. The second kappa shape index (κ2) is 9.89. The van der Waals surface area contributed by atoms with Gasteiger partial charge >= 0.3 is 5.97 Å². The predicted molar refractivity (Wildman–Crippen MR) is 126 cm³/mol. The van der Waals surface area contributed by atoms with Crippen molar-refractivity contribution in [1.82, 2.24) is 5.06 Å². The van der Waals surface area contributed by atoms with E-state index in [9.17, 15) is 14.4 Å². The standard InChI is InChI=1S/C27H25NO7/c1-32-21-10-4-18(5-11-21)27(19-6-12-22(33-2)13-7-19,20-8-14-23(34-3)15-9-20)26(31)35-28-24(29)16-17-25(28)30/h4-15H,16-17H2,1-3H3. The van der Waals surface area contributed by atoms with Gasteiger partial charge in [0.25, 0.3) is 11.8 Å². The SMILES string of the molecule is COc1ccc(C(C(=O)ON2C(=O)CCC2=O)(c2ccc(OC)cc2)c2ccc(OC)cc2)cc1. The van der Waals surface area contributed by atoms with E-state index in [0.29, 0.717) is 39.0 Å². The van der Waals surface area contributed by atoms with Gasteiger partial charge < -0.3 is 19.0 Å². The highest BCUT2D eigenvalue weighted by Gasteiger charge is 2.48. The maximum atomic E-state index is 14.1. The Morgan fingerprint density at radius 1 is 0.629 bits per heavy atom. The molecule has 0 bridgehead atoms. The van der Waals surface area contributed by atoms with Gasteiger partial charge in [-0.1, -0.05) is 36.4 Å². The average molecular weight is 475 g/mol. The van der Waals surface area contributed by atoms with Crippen molar-refractivity contribution in [2.45, 2.75) is 18.3 Å². The first-order valence-corrected chi connectivity index (χ1v) is 11.0. The highest BCUT2D eigenvalue weighted by molar-refractivity contribution is 6.03. The van der Waals surface area contributed by atoms with Crippen molar-refractivity contribution in [2.24, 2.45) is 0 Å². The van der Waals surface area contributed by atoms with Crippen molar-refractivity contribution < 1.29 is 33.4 Å². The Labute approximate surface area is 202 Å². The van der Waals surface area contributed by atoms with Gasteiger partial charge in [-0.3, -0.25) is 9.59 Å². The smallest absolute Gasteiger partial charge is 0.352 e. The molecule has 0 aromatic heterocycles. The quantitative estimate of drug-likeness (QED) is 0.363. The second-order valence-electron chi connectivity index (χ2n) is 7.90. The largest absolute Gasteiger partial charge is 0.497 e. The summed E-state index contributed by atoms with van der Waals surface area (Å²) in [4.78, 5) is 44.2. The Morgan fingerprint density at radius 2 is 0.943 bits per heavy atom. The molecule has 4 rings (SSSR count). The first-order valence-electron chi connectivity index (χ1n) is 11.0. The second-order valence-corrected chi connectivity index (χ2v) is 7.90. The fraction of sp³-hybridized carbons (Fsp3) is 0.222. The van der Waals surface area contributed by atoms with E-state index < -0.39 is 23.2 Å². The van der Waals surface area contributed by atoms with Gasteiger partial charge in [-0.2, -0.15) is 0 Å². The average Bonchev–Trinajstić information content (AvgIpc) is 3.22. The summed E-state index contributed by atoms with van der Waals surface area (Å²) in [6.07, 6.45) is -0.0144. The van der Waals surface area contributed by atoms with Crippen LogP contribution in [-0.4, -0.2) is 44.2 Å². The van der Waals surface area contributed by atoms with Gasteiger partial charge in [0.1, 0.15) is 22.7 Å². The van der Waals surface area contributed by atoms with Crippen LogP contribution in [0.5, 0.6) is 17.2 Å². The fourth-order valence-electron chi connectivity index (χ4n) is 4.19. The third-order valence-corrected chi connectivity index (χ3v) is 6.06. The number of amides is 2. The molecule has 0 aliphatic carbocycles. The first-order chi connectivity index (χ1) is 16.9. The number of methoxy groups -OCH3 is 3. The molecule has 0 atom stereocenters. The summed E-state index contributed by atoms with van der Waals surface area (Å²) >= 11 is 0. The predicted octanol–water partition coefficient (Wildman–Crippen LogP) is 3.65. The number of carbonyl (C=O) groups is 3. The topological polar surface area (TPSA) is 91.4 Å². The Morgan fingerprint density at radius 3 is 1.23 bits per heavy atom. The van der Waals surface area contributed by atoms with Gasteiger partial charge in [-0.05, 0) is 53.1 Å². The van der Waals surface area contributed by atoms with Crippen molar-refractivity contribution >= 4 is 17.8 Å². The van der Waals surface area contributed by atoms with E-state index in [-0.39, 0.29) is 12.8 Å². The van der Waals surface area contributed by atoms with Crippen LogP contribution in [0.3, 0.4) is 0 Å². The summed E-state index contributed by atoms with van der Waals surface area (Å²) in [6, 6.07) is 20.9. The summed E-state index contributed by atoms with van der Waals surface area (Å²) in [5.41, 5.74) is 0.127. The number of ether oxygens (including phenoxy) is 3. The van der Waals surface area contributed by atoms with Crippen LogP contribution >= 0.6 is 0 Å². The number of hydroxylamine groups is 2. The van der Waals surface area contributed by atoms with Crippen molar-refractivity contribution in [3.05, 3.63) is 89.5 Å². The molecule has 1 heterocycles. The molecule has 3 aromatic carbocycles. The van der Waals surface area contributed by atoms with Crippen LogP contribution in [0, 0.1) is 0 Å². The molecule has 8 heteroatoms. The molecule has 2 amide bonds. The van der Waals surface area contributed by atoms with E-state index in [2.05, 4.69) is 0 Å². The normalized spacial score (nSPS) is 13.5. The molecule has 0 spiro atoms. The lowest BCUT2D eigenvalue weighted by atomic mass is 9.69. The minimum atomic E-state index is -1.53. The van der Waals surface area contributed by atoms with E-state index in [0.717, 1.165) is 0 Å². The lowest BCUT2D eigenvalue weighted by Crippen LogP contribution is -2.44. The van der Waals surface area contributed by atoms with E-state index in [1.165, 1.54) is 0 Å². The lowest BCUT2D eigenvalue weighted by molar-refractivity contribution is -0.200. The van der Waals surface area contributed by atoms with E-state index in [1.54, 1.807) is 94.1 Å². The summed E-state index contributed by atoms with van der Waals surface area (Å²) in [7, 11) is 4.65. The first kappa shape index (κ1) is 23.8. The molecule has 0 unspecified atom stereocenters. The van der Waals surface area contributed by atoms with Gasteiger partial charge in [0, 0.05) is 12.8 Å². The van der Waals surface area contributed by atoms with Crippen LogP contribution in [0.25, 0.3) is 0 Å². The van der Waals surface area contributed by atoms with Crippen LogP contribution in [-0.2, 0) is 24.6 Å². The van der Waals surface area contributed by atoms with Gasteiger partial charge in [0.2, 0.25) is 0 Å². The van der Waals surface area contributed by atoms with Crippen molar-refractivity contribution in [1.29, 1.82) is 0 Å². The van der Waals surface area contributed by atoms with Crippen LogP contribution in [0.15, 0.2) is 72.8 Å². The molecule has 1 aliphatic heterocycles. The van der Waals surface area contributed by atoms with Crippen LogP contribution < -0.4 is 14.2 Å². The summed E-state index contributed by atoms with van der Waals surface area (Å²) < 4.78 is 15.9. The molecule has 35 heavy (non-hydrogen) atoms. The van der Waals surface area contributed by atoms with Gasteiger partial charge in [0.05, 0.1) is 21.3 Å². The Balaban J connectivity index is 1.96. The molecule has 0 N–H and O–H groups in total. The number of hydrogen-bond acceptors (Lipinski definition) is 7. The molecule has 3 aromatic rings. The Kier molecular flexibility index (Phi) is 6.73. The van der Waals surface area contributed by atoms with E-state index in [4.69, 9.17) is 19.0 Å².